The van der Waals surface area contributed by atoms with E-state index in [1.54, 1.807) is 11.3 Å². The van der Waals surface area contributed by atoms with E-state index in [1.165, 1.54) is 10.4 Å². The van der Waals surface area contributed by atoms with E-state index in [0.717, 1.165) is 10.4 Å². The molecule has 0 unspecified atom stereocenters. The largest absolute Gasteiger partial charge is 0.293 e. The summed E-state index contributed by atoms with van der Waals surface area (Å²) in [5.74, 6) is 0.214. The first-order valence-electron chi connectivity index (χ1n) is 6.55. The van der Waals surface area contributed by atoms with Crippen molar-refractivity contribution in [1.29, 1.82) is 0 Å². The molecule has 0 aliphatic carbocycles. The van der Waals surface area contributed by atoms with Crippen LogP contribution in [-0.2, 0) is 11.8 Å². The summed E-state index contributed by atoms with van der Waals surface area (Å²) in [7, 11) is 0. The van der Waals surface area contributed by atoms with Crippen molar-refractivity contribution < 1.29 is 4.79 Å². The third-order valence-corrected chi connectivity index (χ3v) is 4.62. The lowest BCUT2D eigenvalue weighted by molar-refractivity contribution is 0.0997. The van der Waals surface area contributed by atoms with Crippen molar-refractivity contribution in [2.75, 3.05) is 0 Å². The van der Waals surface area contributed by atoms with Gasteiger partial charge in [-0.1, -0.05) is 50.6 Å². The first kappa shape index (κ1) is 14.0. The lowest BCUT2D eigenvalue weighted by Gasteiger charge is -2.15. The molecule has 0 saturated heterocycles. The van der Waals surface area contributed by atoms with Crippen LogP contribution in [0.25, 0.3) is 0 Å². The van der Waals surface area contributed by atoms with Gasteiger partial charge in [0.15, 0.2) is 5.78 Å². The zero-order chi connectivity index (χ0) is 14.0. The van der Waals surface area contributed by atoms with Gasteiger partial charge in [-0.15, -0.1) is 11.3 Å². The molecule has 0 fully saturated rings. The van der Waals surface area contributed by atoms with Gasteiger partial charge >= 0.3 is 0 Å². The first-order valence-corrected chi connectivity index (χ1v) is 7.37. The summed E-state index contributed by atoms with van der Waals surface area (Å²) >= 11 is 1.62. The number of thiophene rings is 1. The second kappa shape index (κ2) is 5.30. The number of carbonyl (C=O) groups is 1. The number of carbonyl (C=O) groups excluding carboxylic acids is 1. The van der Waals surface area contributed by atoms with Crippen LogP contribution >= 0.6 is 11.3 Å². The Bertz CT molecular complexity index is 587. The van der Waals surface area contributed by atoms with Crippen molar-refractivity contribution in [2.24, 2.45) is 0 Å². The summed E-state index contributed by atoms with van der Waals surface area (Å²) in [6.45, 7) is 8.58. The number of ketones is 1. The lowest BCUT2D eigenvalue weighted by Crippen LogP contribution is -2.08. The average Bonchev–Trinajstić information content (AvgIpc) is 2.77. The second-order valence-electron chi connectivity index (χ2n) is 6.00. The molecule has 2 rings (SSSR count). The van der Waals surface area contributed by atoms with Crippen LogP contribution in [0.2, 0.25) is 0 Å². The summed E-state index contributed by atoms with van der Waals surface area (Å²) in [4.78, 5) is 14.4. The van der Waals surface area contributed by atoms with Gasteiger partial charge < -0.3 is 0 Å². The fourth-order valence-corrected chi connectivity index (χ4v) is 2.99. The molecule has 0 spiro atoms. The molecule has 2 heteroatoms. The molecular formula is C17H20OS. The van der Waals surface area contributed by atoms with Crippen LogP contribution in [0.3, 0.4) is 0 Å². The van der Waals surface area contributed by atoms with Crippen LogP contribution in [-0.4, -0.2) is 5.78 Å². The molecule has 100 valence electrons. The van der Waals surface area contributed by atoms with Crippen LogP contribution in [0.4, 0.5) is 0 Å². The molecule has 1 aromatic heterocycles. The topological polar surface area (TPSA) is 17.1 Å². The Balaban J connectivity index is 2.14. The molecule has 0 N–H and O–H groups in total. The van der Waals surface area contributed by atoms with Gasteiger partial charge in [0.25, 0.3) is 0 Å². The molecule has 19 heavy (non-hydrogen) atoms. The Hall–Kier alpha value is -1.41. The van der Waals surface area contributed by atoms with Crippen molar-refractivity contribution in [3.63, 3.8) is 0 Å². The minimum Gasteiger partial charge on any atom is -0.293 e. The third-order valence-electron chi connectivity index (χ3n) is 3.07. The maximum atomic E-state index is 12.3. The molecular weight excluding hydrogens is 252 g/mol. The van der Waals surface area contributed by atoms with Gasteiger partial charge in [0.05, 0.1) is 4.88 Å². The highest BCUT2D eigenvalue weighted by Gasteiger charge is 2.18. The third kappa shape index (κ3) is 3.54. The van der Waals surface area contributed by atoms with Crippen LogP contribution < -0.4 is 0 Å². The SMILES string of the molecule is Cc1cccc(CC(=O)c2ccc(C(C)(C)C)s2)c1. The quantitative estimate of drug-likeness (QED) is 0.735. The van der Waals surface area contributed by atoms with Crippen molar-refractivity contribution in [1.82, 2.24) is 0 Å². The van der Waals surface area contributed by atoms with Gasteiger partial charge in [-0.3, -0.25) is 4.79 Å². The van der Waals surface area contributed by atoms with E-state index in [0.29, 0.717) is 6.42 Å². The number of Topliss-reactive ketones (excluding diaryl/α,β-unsaturated/α-hetero) is 1. The molecule has 0 aliphatic heterocycles. The van der Waals surface area contributed by atoms with Crippen molar-refractivity contribution >= 4 is 17.1 Å². The number of hydrogen-bond donors (Lipinski definition) is 0. The molecule has 0 atom stereocenters. The van der Waals surface area contributed by atoms with Crippen LogP contribution in [0.15, 0.2) is 36.4 Å². The van der Waals surface area contributed by atoms with E-state index >= 15 is 0 Å². The predicted octanol–water partition coefficient (Wildman–Crippen LogP) is 4.78. The monoisotopic (exact) mass is 272 g/mol. The minimum atomic E-state index is 0.118. The zero-order valence-electron chi connectivity index (χ0n) is 12.0. The molecule has 1 nitrogen and oxygen atoms in total. The molecule has 0 aliphatic rings. The standard InChI is InChI=1S/C17H20OS/c1-12-6-5-7-13(10-12)11-14(18)15-8-9-16(19-15)17(2,3)4/h5-10H,11H2,1-4H3. The Morgan fingerprint density at radius 1 is 1.16 bits per heavy atom. The van der Waals surface area contributed by atoms with Gasteiger partial charge in [-0.05, 0) is 30.0 Å². The fourth-order valence-electron chi connectivity index (χ4n) is 1.99. The number of benzene rings is 1. The highest BCUT2D eigenvalue weighted by Crippen LogP contribution is 2.30. The maximum Gasteiger partial charge on any atom is 0.177 e. The molecule has 2 aromatic rings. The van der Waals surface area contributed by atoms with Crippen LogP contribution in [0, 0.1) is 6.92 Å². The Labute approximate surface area is 119 Å². The normalized spacial score (nSPS) is 11.6. The maximum absolute atomic E-state index is 12.3. The van der Waals surface area contributed by atoms with Gasteiger partial charge in [0, 0.05) is 11.3 Å². The summed E-state index contributed by atoms with van der Waals surface area (Å²) in [5.41, 5.74) is 2.41. The van der Waals surface area contributed by atoms with Crippen LogP contribution in [0.5, 0.6) is 0 Å². The summed E-state index contributed by atoms with van der Waals surface area (Å²) in [6, 6.07) is 12.2. The molecule has 1 heterocycles. The van der Waals surface area contributed by atoms with Gasteiger partial charge in [0.1, 0.15) is 0 Å². The summed E-state index contributed by atoms with van der Waals surface area (Å²) < 4.78 is 0. The molecule has 1 aromatic carbocycles. The Morgan fingerprint density at radius 2 is 1.89 bits per heavy atom. The number of rotatable bonds is 3. The van der Waals surface area contributed by atoms with Crippen molar-refractivity contribution in [3.8, 4) is 0 Å². The molecule has 0 saturated carbocycles. The zero-order valence-corrected chi connectivity index (χ0v) is 12.8. The number of hydrogen-bond acceptors (Lipinski definition) is 2. The Morgan fingerprint density at radius 3 is 2.47 bits per heavy atom. The first-order chi connectivity index (χ1) is 8.86. The predicted molar refractivity (Wildman–Crippen MR) is 82.2 cm³/mol. The second-order valence-corrected chi connectivity index (χ2v) is 7.09. The van der Waals surface area contributed by atoms with Gasteiger partial charge in [-0.25, -0.2) is 0 Å². The highest BCUT2D eigenvalue weighted by atomic mass is 32.1. The van der Waals surface area contributed by atoms with E-state index in [-0.39, 0.29) is 11.2 Å². The fraction of sp³-hybridized carbons (Fsp3) is 0.353. The highest BCUT2D eigenvalue weighted by molar-refractivity contribution is 7.14. The average molecular weight is 272 g/mol. The van der Waals surface area contributed by atoms with Gasteiger partial charge in [-0.2, -0.15) is 0 Å². The molecule has 0 radical (unpaired) electrons. The summed E-state index contributed by atoms with van der Waals surface area (Å²) in [5, 5.41) is 0. The summed E-state index contributed by atoms with van der Waals surface area (Å²) in [6.07, 6.45) is 0.492. The van der Waals surface area contributed by atoms with Gasteiger partial charge in [0.2, 0.25) is 0 Å². The number of aryl methyl sites for hydroxylation is 1. The van der Waals surface area contributed by atoms with E-state index in [2.05, 4.69) is 45.9 Å². The van der Waals surface area contributed by atoms with E-state index in [9.17, 15) is 4.79 Å². The van der Waals surface area contributed by atoms with E-state index in [1.807, 2.05) is 18.2 Å². The molecule has 0 bridgehead atoms. The van der Waals surface area contributed by atoms with Crippen LogP contribution in [0.1, 0.15) is 46.4 Å². The minimum absolute atomic E-state index is 0.118. The van der Waals surface area contributed by atoms with E-state index in [4.69, 9.17) is 0 Å². The smallest absolute Gasteiger partial charge is 0.177 e. The van der Waals surface area contributed by atoms with E-state index < -0.39 is 0 Å². The van der Waals surface area contributed by atoms with Crippen molar-refractivity contribution in [2.45, 2.75) is 39.5 Å². The lowest BCUT2D eigenvalue weighted by atomic mass is 9.95. The van der Waals surface area contributed by atoms with Crippen molar-refractivity contribution in [3.05, 3.63) is 57.3 Å². The molecule has 0 amide bonds. The Kier molecular flexibility index (Phi) is 3.91.